The van der Waals surface area contributed by atoms with Gasteiger partial charge in [0.25, 0.3) is 0 Å². The normalized spacial score (nSPS) is 19.3. The molecule has 2 aromatic rings. The highest BCUT2D eigenvalue weighted by Crippen LogP contribution is 2.26. The average molecular weight is 424 g/mol. The maximum atomic E-state index is 13.1. The van der Waals surface area contributed by atoms with E-state index in [1.807, 2.05) is 4.90 Å². The van der Waals surface area contributed by atoms with Crippen LogP contribution in [0.25, 0.3) is 0 Å². The maximum Gasteiger partial charge on any atom is 0.228 e. The van der Waals surface area contributed by atoms with Crippen LogP contribution >= 0.6 is 0 Å². The van der Waals surface area contributed by atoms with Gasteiger partial charge in [0.2, 0.25) is 11.8 Å². The molecule has 164 valence electrons. The third-order valence-electron chi connectivity index (χ3n) is 6.66. The summed E-state index contributed by atoms with van der Waals surface area (Å²) in [5, 5.41) is 0. The van der Waals surface area contributed by atoms with Gasteiger partial charge >= 0.3 is 0 Å². The molecule has 0 radical (unpaired) electrons. The van der Waals surface area contributed by atoms with Gasteiger partial charge in [0, 0.05) is 51.4 Å². The average Bonchev–Trinajstić information content (AvgIpc) is 3.15. The number of hydrogen-bond donors (Lipinski definition) is 0. The number of carbonyl (C=O) groups is 2. The summed E-state index contributed by atoms with van der Waals surface area (Å²) in [7, 11) is 0. The quantitative estimate of drug-likeness (QED) is 0.742. The van der Waals surface area contributed by atoms with Crippen LogP contribution in [0.1, 0.15) is 23.1 Å². The van der Waals surface area contributed by atoms with Gasteiger partial charge in [0.15, 0.2) is 0 Å². The Bertz CT molecular complexity index is 952. The van der Waals surface area contributed by atoms with E-state index < -0.39 is 0 Å². The highest BCUT2D eigenvalue weighted by molar-refractivity contribution is 5.89. The van der Waals surface area contributed by atoms with Crippen molar-refractivity contribution in [3.63, 3.8) is 0 Å². The Morgan fingerprint density at radius 2 is 1.74 bits per heavy atom. The van der Waals surface area contributed by atoms with E-state index in [9.17, 15) is 14.0 Å². The van der Waals surface area contributed by atoms with Crippen molar-refractivity contribution < 1.29 is 14.0 Å². The van der Waals surface area contributed by atoms with Gasteiger partial charge in [-0.1, -0.05) is 24.3 Å². The molecule has 0 spiro atoms. The summed E-state index contributed by atoms with van der Waals surface area (Å²) in [6, 6.07) is 12.7. The van der Waals surface area contributed by atoms with Crippen molar-refractivity contribution in [1.29, 1.82) is 0 Å². The molecular weight excluding hydrogens is 393 g/mol. The second kappa shape index (κ2) is 9.08. The van der Waals surface area contributed by atoms with Crippen LogP contribution in [-0.2, 0) is 16.0 Å². The molecule has 0 saturated carbocycles. The fraction of sp³-hybridized carbons (Fsp3) is 0.440. The van der Waals surface area contributed by atoms with Crippen LogP contribution in [0, 0.1) is 25.6 Å². The molecule has 2 aliphatic heterocycles. The summed E-state index contributed by atoms with van der Waals surface area (Å²) in [5.74, 6) is -0.384. The first-order chi connectivity index (χ1) is 14.9. The van der Waals surface area contributed by atoms with Gasteiger partial charge in [-0.05, 0) is 55.2 Å². The Balaban J connectivity index is 1.29. The third kappa shape index (κ3) is 4.73. The Morgan fingerprint density at radius 1 is 1.03 bits per heavy atom. The number of aryl methyl sites for hydroxylation is 1. The summed E-state index contributed by atoms with van der Waals surface area (Å²) in [6.45, 7) is 8.31. The molecule has 1 unspecified atom stereocenters. The fourth-order valence-corrected chi connectivity index (χ4v) is 4.57. The van der Waals surface area contributed by atoms with Crippen LogP contribution < -0.4 is 4.90 Å². The van der Waals surface area contributed by atoms with E-state index in [0.29, 0.717) is 39.0 Å². The second-order valence-electron chi connectivity index (χ2n) is 8.65. The number of likely N-dealkylation sites (tertiary alicyclic amines) is 1. The van der Waals surface area contributed by atoms with Crippen LogP contribution in [0.2, 0.25) is 0 Å². The summed E-state index contributed by atoms with van der Waals surface area (Å²) >= 11 is 0. The van der Waals surface area contributed by atoms with Crippen molar-refractivity contribution in [3.8, 4) is 0 Å². The minimum atomic E-state index is -0.260. The fourth-order valence-electron chi connectivity index (χ4n) is 4.57. The van der Waals surface area contributed by atoms with Crippen molar-refractivity contribution >= 4 is 17.5 Å². The number of anilines is 1. The Hall–Kier alpha value is -2.89. The minimum absolute atomic E-state index is 0.0366. The summed E-state index contributed by atoms with van der Waals surface area (Å²) in [6.07, 6.45) is 0.959. The van der Waals surface area contributed by atoms with E-state index in [1.54, 1.807) is 17.0 Å². The number of piperazine rings is 1. The molecule has 0 aliphatic carbocycles. The van der Waals surface area contributed by atoms with E-state index >= 15 is 0 Å². The molecule has 4 rings (SSSR count). The number of carbonyl (C=O) groups excluding carboxylic acids is 2. The highest BCUT2D eigenvalue weighted by Gasteiger charge is 2.37. The number of rotatable bonds is 5. The lowest BCUT2D eigenvalue weighted by molar-refractivity contribution is -0.136. The molecule has 31 heavy (non-hydrogen) atoms. The molecule has 1 atom stereocenters. The Morgan fingerprint density at radius 3 is 2.45 bits per heavy atom. The second-order valence-corrected chi connectivity index (χ2v) is 8.65. The first kappa shape index (κ1) is 21.3. The molecule has 5 nitrogen and oxygen atoms in total. The SMILES string of the molecule is Cc1cccc(N2CCN(C(=O)C3CC(=O)N(CCc4ccc(F)cc4)C3)CC2)c1C. The molecule has 2 aromatic carbocycles. The zero-order valence-electron chi connectivity index (χ0n) is 18.3. The highest BCUT2D eigenvalue weighted by atomic mass is 19.1. The Labute approximate surface area is 183 Å². The van der Waals surface area contributed by atoms with Gasteiger partial charge in [-0.25, -0.2) is 4.39 Å². The first-order valence-electron chi connectivity index (χ1n) is 11.0. The van der Waals surface area contributed by atoms with E-state index in [0.717, 1.165) is 18.7 Å². The summed E-state index contributed by atoms with van der Waals surface area (Å²) in [5.41, 5.74) is 4.81. The summed E-state index contributed by atoms with van der Waals surface area (Å²) in [4.78, 5) is 31.5. The molecule has 0 aromatic heterocycles. The van der Waals surface area contributed by atoms with Gasteiger partial charge in [0.1, 0.15) is 5.82 Å². The zero-order valence-corrected chi connectivity index (χ0v) is 18.3. The van der Waals surface area contributed by atoms with Crippen molar-refractivity contribution in [3.05, 3.63) is 65.0 Å². The number of benzene rings is 2. The van der Waals surface area contributed by atoms with Gasteiger partial charge in [0.05, 0.1) is 5.92 Å². The van der Waals surface area contributed by atoms with E-state index in [2.05, 4.69) is 36.9 Å². The molecule has 2 saturated heterocycles. The van der Waals surface area contributed by atoms with Crippen molar-refractivity contribution in [1.82, 2.24) is 9.80 Å². The summed E-state index contributed by atoms with van der Waals surface area (Å²) < 4.78 is 13.1. The minimum Gasteiger partial charge on any atom is -0.368 e. The smallest absolute Gasteiger partial charge is 0.228 e. The number of halogens is 1. The van der Waals surface area contributed by atoms with Crippen molar-refractivity contribution in [2.75, 3.05) is 44.2 Å². The molecule has 2 fully saturated rings. The topological polar surface area (TPSA) is 43.9 Å². The van der Waals surface area contributed by atoms with E-state index in [1.165, 1.54) is 28.9 Å². The maximum absolute atomic E-state index is 13.1. The largest absolute Gasteiger partial charge is 0.368 e. The van der Waals surface area contributed by atoms with Crippen molar-refractivity contribution in [2.45, 2.75) is 26.7 Å². The first-order valence-corrected chi connectivity index (χ1v) is 11.0. The number of amides is 2. The monoisotopic (exact) mass is 423 g/mol. The molecule has 2 amide bonds. The van der Waals surface area contributed by atoms with Crippen LogP contribution in [-0.4, -0.2) is 60.9 Å². The van der Waals surface area contributed by atoms with E-state index in [4.69, 9.17) is 0 Å². The lowest BCUT2D eigenvalue weighted by Crippen LogP contribution is -2.51. The lowest BCUT2D eigenvalue weighted by atomic mass is 10.1. The molecule has 2 aliphatic rings. The third-order valence-corrected chi connectivity index (χ3v) is 6.66. The van der Waals surface area contributed by atoms with Gasteiger partial charge in [-0.3, -0.25) is 9.59 Å². The molecule has 6 heteroatoms. The van der Waals surface area contributed by atoms with Crippen LogP contribution in [0.4, 0.5) is 10.1 Å². The van der Waals surface area contributed by atoms with Crippen molar-refractivity contribution in [2.24, 2.45) is 5.92 Å². The van der Waals surface area contributed by atoms with Gasteiger partial charge in [-0.15, -0.1) is 0 Å². The van der Waals surface area contributed by atoms with E-state index in [-0.39, 0.29) is 23.5 Å². The Kier molecular flexibility index (Phi) is 6.25. The molecule has 0 N–H and O–H groups in total. The van der Waals surface area contributed by atoms with Crippen LogP contribution in [0.15, 0.2) is 42.5 Å². The standard InChI is InChI=1S/C25H30FN3O2/c1-18-4-3-5-23(19(18)2)27-12-14-28(15-13-27)25(31)21-16-24(30)29(17-21)11-10-20-6-8-22(26)9-7-20/h3-9,21H,10-17H2,1-2H3. The lowest BCUT2D eigenvalue weighted by Gasteiger charge is -2.38. The van der Waals surface area contributed by atoms with Gasteiger partial charge < -0.3 is 14.7 Å². The zero-order chi connectivity index (χ0) is 22.0. The molecule has 2 heterocycles. The van der Waals surface area contributed by atoms with Crippen LogP contribution in [0.3, 0.4) is 0 Å². The van der Waals surface area contributed by atoms with Crippen LogP contribution in [0.5, 0.6) is 0 Å². The predicted octanol–water partition coefficient (Wildman–Crippen LogP) is 3.18. The number of hydrogen-bond acceptors (Lipinski definition) is 3. The van der Waals surface area contributed by atoms with Gasteiger partial charge in [-0.2, -0.15) is 0 Å². The number of nitrogens with zero attached hydrogens (tertiary/aromatic N) is 3. The predicted molar refractivity (Wildman–Crippen MR) is 120 cm³/mol. The molecular formula is C25H30FN3O2. The molecule has 0 bridgehead atoms.